The van der Waals surface area contributed by atoms with Crippen LogP contribution in [0.5, 0.6) is 0 Å². The standard InChI is InChI=1S/C8H12N4O3/c9-7-5-12(10-15-7)11-4-2-1-3-6(11)8(13)14/h5-6H,1-4H2,(H2-,9,10,13,14)/p+1. The molecule has 7 nitrogen and oxygen atoms in total. The highest BCUT2D eigenvalue weighted by Gasteiger charge is 2.36. The number of hydrogen-bond acceptors (Lipinski definition) is 5. The van der Waals surface area contributed by atoms with Crippen molar-refractivity contribution in [2.75, 3.05) is 17.3 Å². The van der Waals surface area contributed by atoms with E-state index >= 15 is 0 Å². The molecule has 1 aromatic heterocycles. The van der Waals surface area contributed by atoms with E-state index in [2.05, 4.69) is 5.27 Å². The number of aliphatic carboxylic acids is 1. The van der Waals surface area contributed by atoms with Crippen molar-refractivity contribution in [3.05, 3.63) is 6.20 Å². The van der Waals surface area contributed by atoms with Crippen LogP contribution in [0.1, 0.15) is 19.3 Å². The Labute approximate surface area is 86.0 Å². The Hall–Kier alpha value is -1.79. The van der Waals surface area contributed by atoms with Crippen molar-refractivity contribution in [2.45, 2.75) is 25.3 Å². The molecule has 1 atom stereocenters. The van der Waals surface area contributed by atoms with E-state index in [4.69, 9.17) is 15.4 Å². The molecule has 1 aliphatic heterocycles. The zero-order chi connectivity index (χ0) is 10.8. The van der Waals surface area contributed by atoms with Crippen molar-refractivity contribution < 1.29 is 19.2 Å². The first-order valence-corrected chi connectivity index (χ1v) is 4.82. The van der Waals surface area contributed by atoms with Gasteiger partial charge in [0.2, 0.25) is 5.27 Å². The van der Waals surface area contributed by atoms with Crippen molar-refractivity contribution >= 4 is 11.9 Å². The van der Waals surface area contributed by atoms with E-state index in [1.807, 2.05) is 0 Å². The second-order valence-electron chi connectivity index (χ2n) is 3.54. The third kappa shape index (κ3) is 1.85. The molecule has 2 rings (SSSR count). The third-order valence-corrected chi connectivity index (χ3v) is 2.50. The minimum absolute atomic E-state index is 0.171. The van der Waals surface area contributed by atoms with Gasteiger partial charge in [0.15, 0.2) is 6.04 Å². The topological polar surface area (TPSA) is 96.5 Å². The average molecular weight is 213 g/mol. The molecule has 0 aliphatic carbocycles. The summed E-state index contributed by atoms with van der Waals surface area (Å²) >= 11 is 0. The molecule has 2 heterocycles. The van der Waals surface area contributed by atoms with Crippen molar-refractivity contribution in [3.63, 3.8) is 0 Å². The quantitative estimate of drug-likeness (QED) is 0.619. The first-order chi connectivity index (χ1) is 7.18. The van der Waals surface area contributed by atoms with E-state index < -0.39 is 12.0 Å². The molecule has 1 aliphatic rings. The molecular weight excluding hydrogens is 200 g/mol. The van der Waals surface area contributed by atoms with Crippen LogP contribution in [-0.4, -0.2) is 28.9 Å². The predicted molar refractivity (Wildman–Crippen MR) is 49.5 cm³/mol. The fourth-order valence-corrected chi connectivity index (χ4v) is 1.78. The van der Waals surface area contributed by atoms with Gasteiger partial charge < -0.3 is 10.8 Å². The number of nitrogen functional groups attached to an aromatic ring is 1. The maximum absolute atomic E-state index is 11.0. The minimum atomic E-state index is -0.844. The summed E-state index contributed by atoms with van der Waals surface area (Å²) in [5, 5.41) is 14.3. The number of nitrogens with two attached hydrogens (primary N) is 1. The summed E-state index contributed by atoms with van der Waals surface area (Å²) in [6, 6.07) is -0.548. The van der Waals surface area contributed by atoms with E-state index in [1.165, 1.54) is 11.0 Å². The highest BCUT2D eigenvalue weighted by molar-refractivity contribution is 5.75. The number of aromatic nitrogens is 2. The Kier molecular flexibility index (Phi) is 2.44. The third-order valence-electron chi connectivity index (χ3n) is 2.50. The van der Waals surface area contributed by atoms with Crippen LogP contribution in [-0.2, 0) is 4.79 Å². The summed E-state index contributed by atoms with van der Waals surface area (Å²) in [6.07, 6.45) is 3.96. The molecule has 0 spiro atoms. The molecule has 15 heavy (non-hydrogen) atoms. The van der Waals surface area contributed by atoms with Gasteiger partial charge in [-0.25, -0.2) is 4.79 Å². The highest BCUT2D eigenvalue weighted by Crippen LogP contribution is 2.13. The minimum Gasteiger partial charge on any atom is -0.480 e. The summed E-state index contributed by atoms with van der Waals surface area (Å²) in [5.74, 6) is -0.673. The highest BCUT2D eigenvalue weighted by atomic mass is 16.5. The molecule has 0 radical (unpaired) electrons. The monoisotopic (exact) mass is 213 g/mol. The molecular formula is C8H13N4O3+. The summed E-state index contributed by atoms with van der Waals surface area (Å²) in [6.45, 7) is 0.646. The molecule has 1 fully saturated rings. The molecule has 0 amide bonds. The summed E-state index contributed by atoms with van der Waals surface area (Å²) < 4.78 is 4.70. The molecule has 0 saturated carbocycles. The molecule has 3 N–H and O–H groups in total. The molecule has 7 heteroatoms. The van der Waals surface area contributed by atoms with Crippen molar-refractivity contribution in [3.8, 4) is 0 Å². The molecule has 0 bridgehead atoms. The van der Waals surface area contributed by atoms with Crippen LogP contribution in [0.3, 0.4) is 0 Å². The normalized spacial score (nSPS) is 21.6. The Bertz CT molecular complexity index is 365. The number of rotatable bonds is 2. The Balaban J connectivity index is 2.21. The smallest absolute Gasteiger partial charge is 0.332 e. The summed E-state index contributed by atoms with van der Waals surface area (Å²) in [7, 11) is 0. The second-order valence-corrected chi connectivity index (χ2v) is 3.54. The van der Waals surface area contributed by atoms with Gasteiger partial charge in [-0.05, 0) is 19.3 Å². The second kappa shape index (κ2) is 3.76. The van der Waals surface area contributed by atoms with Crippen LogP contribution in [0.25, 0.3) is 0 Å². The zero-order valence-corrected chi connectivity index (χ0v) is 8.17. The van der Waals surface area contributed by atoms with Crippen molar-refractivity contribution in [2.24, 2.45) is 0 Å². The van der Waals surface area contributed by atoms with Crippen LogP contribution in [0.4, 0.5) is 5.88 Å². The largest absolute Gasteiger partial charge is 0.480 e. The number of hydrogen-bond donors (Lipinski definition) is 2. The number of carbonyl (C=O) groups is 1. The van der Waals surface area contributed by atoms with Gasteiger partial charge in [-0.1, -0.05) is 0 Å². The molecule has 0 aromatic carbocycles. The molecule has 1 unspecified atom stereocenters. The predicted octanol–water partition coefficient (Wildman–Crippen LogP) is -0.881. The fourth-order valence-electron chi connectivity index (χ4n) is 1.78. The maximum atomic E-state index is 11.0. The van der Waals surface area contributed by atoms with Crippen molar-refractivity contribution in [1.29, 1.82) is 0 Å². The van der Waals surface area contributed by atoms with Gasteiger partial charge in [-0.2, -0.15) is 0 Å². The van der Waals surface area contributed by atoms with Crippen LogP contribution >= 0.6 is 0 Å². The molecule has 1 saturated heterocycles. The lowest BCUT2D eigenvalue weighted by Gasteiger charge is -2.25. The lowest BCUT2D eigenvalue weighted by Crippen LogP contribution is -2.67. The number of anilines is 1. The van der Waals surface area contributed by atoms with Crippen LogP contribution < -0.4 is 15.5 Å². The van der Waals surface area contributed by atoms with Crippen LogP contribution in [0.15, 0.2) is 10.7 Å². The Morgan fingerprint density at radius 2 is 2.53 bits per heavy atom. The van der Waals surface area contributed by atoms with E-state index in [0.29, 0.717) is 13.0 Å². The SMILES string of the molecule is Nc1c[n+](N2CCCCC2C(=O)O)no1. The van der Waals surface area contributed by atoms with Gasteiger partial charge in [0, 0.05) is 0 Å². The van der Waals surface area contributed by atoms with Gasteiger partial charge >= 0.3 is 5.97 Å². The Morgan fingerprint density at radius 3 is 3.13 bits per heavy atom. The van der Waals surface area contributed by atoms with Gasteiger partial charge in [0.1, 0.15) is 0 Å². The van der Waals surface area contributed by atoms with Gasteiger partial charge in [0.05, 0.1) is 11.3 Å². The van der Waals surface area contributed by atoms with Crippen LogP contribution in [0, 0.1) is 0 Å². The lowest BCUT2D eigenvalue weighted by molar-refractivity contribution is -0.761. The van der Waals surface area contributed by atoms with Gasteiger partial charge in [0.25, 0.3) is 12.1 Å². The lowest BCUT2D eigenvalue weighted by atomic mass is 10.0. The van der Waals surface area contributed by atoms with E-state index in [1.54, 1.807) is 5.01 Å². The number of nitrogens with zero attached hydrogens (tertiary/aromatic N) is 3. The number of carboxylic acid groups (broad SMARTS) is 1. The first kappa shape index (κ1) is 9.75. The number of carboxylic acids is 1. The Morgan fingerprint density at radius 1 is 1.73 bits per heavy atom. The van der Waals surface area contributed by atoms with E-state index in [9.17, 15) is 4.79 Å². The zero-order valence-electron chi connectivity index (χ0n) is 8.17. The number of piperidine rings is 1. The van der Waals surface area contributed by atoms with E-state index in [0.717, 1.165) is 12.8 Å². The molecule has 82 valence electrons. The summed E-state index contributed by atoms with van der Waals surface area (Å²) in [5.41, 5.74) is 5.38. The van der Waals surface area contributed by atoms with Crippen molar-refractivity contribution in [1.82, 2.24) is 5.27 Å². The molecule has 1 aromatic rings. The van der Waals surface area contributed by atoms with E-state index in [-0.39, 0.29) is 5.88 Å². The average Bonchev–Trinajstić information content (AvgIpc) is 2.65. The maximum Gasteiger partial charge on any atom is 0.332 e. The first-order valence-electron chi connectivity index (χ1n) is 4.82. The fraction of sp³-hybridized carbons (Fsp3) is 0.625. The van der Waals surface area contributed by atoms with Gasteiger partial charge in [-0.15, -0.1) is 5.01 Å². The van der Waals surface area contributed by atoms with Crippen LogP contribution in [0.2, 0.25) is 0 Å². The van der Waals surface area contributed by atoms with Gasteiger partial charge in [-0.3, -0.25) is 4.52 Å². The summed E-state index contributed by atoms with van der Waals surface area (Å²) in [4.78, 5) is 12.4.